The van der Waals surface area contributed by atoms with Crippen LogP contribution in [0.3, 0.4) is 0 Å². The average Bonchev–Trinajstić information content (AvgIpc) is 2.91. The molecule has 3 N–H and O–H groups in total. The lowest BCUT2D eigenvalue weighted by atomic mass is 10.0. The van der Waals surface area contributed by atoms with Crippen LogP contribution in [0.5, 0.6) is 0 Å². The molecule has 1 unspecified atom stereocenters. The molecule has 22 heavy (non-hydrogen) atoms. The normalized spacial score (nSPS) is 19.3. The SMILES string of the molecule is CC(C)(NC(=O)C1CNCCO1)c1nc2ccc(Cl)cc2[nH]1. The summed E-state index contributed by atoms with van der Waals surface area (Å²) in [6.07, 6.45) is -0.466. The van der Waals surface area contributed by atoms with Crippen molar-refractivity contribution in [1.82, 2.24) is 20.6 Å². The van der Waals surface area contributed by atoms with E-state index in [1.165, 1.54) is 0 Å². The molecule has 118 valence electrons. The Kier molecular flexibility index (Phi) is 4.08. The number of H-pyrrole nitrogens is 1. The number of carbonyl (C=O) groups excluding carboxylic acids is 1. The van der Waals surface area contributed by atoms with Gasteiger partial charge in [0.05, 0.1) is 23.2 Å². The summed E-state index contributed by atoms with van der Waals surface area (Å²) in [6.45, 7) is 5.65. The van der Waals surface area contributed by atoms with E-state index in [2.05, 4.69) is 20.6 Å². The molecule has 1 aliphatic rings. The molecule has 1 fully saturated rings. The second kappa shape index (κ2) is 5.87. The molecule has 6 nitrogen and oxygen atoms in total. The average molecular weight is 323 g/mol. The molecule has 7 heteroatoms. The molecule has 3 rings (SSSR count). The third-order valence-corrected chi connectivity index (χ3v) is 3.93. The Morgan fingerprint density at radius 1 is 1.50 bits per heavy atom. The first-order chi connectivity index (χ1) is 10.5. The molecule has 0 saturated carbocycles. The van der Waals surface area contributed by atoms with E-state index in [9.17, 15) is 4.79 Å². The monoisotopic (exact) mass is 322 g/mol. The van der Waals surface area contributed by atoms with Crippen molar-refractivity contribution in [2.45, 2.75) is 25.5 Å². The summed E-state index contributed by atoms with van der Waals surface area (Å²) in [5.41, 5.74) is 1.03. The Morgan fingerprint density at radius 3 is 3.05 bits per heavy atom. The Morgan fingerprint density at radius 2 is 2.32 bits per heavy atom. The summed E-state index contributed by atoms with van der Waals surface area (Å²) in [6, 6.07) is 5.46. The number of halogens is 1. The predicted molar refractivity (Wildman–Crippen MR) is 84.9 cm³/mol. The molecule has 0 spiro atoms. The highest BCUT2D eigenvalue weighted by molar-refractivity contribution is 6.31. The van der Waals surface area contributed by atoms with Crippen molar-refractivity contribution in [1.29, 1.82) is 0 Å². The van der Waals surface area contributed by atoms with Gasteiger partial charge in [-0.05, 0) is 32.0 Å². The van der Waals surface area contributed by atoms with Crippen LogP contribution in [-0.2, 0) is 15.1 Å². The Labute approximate surface area is 133 Å². The van der Waals surface area contributed by atoms with Crippen molar-refractivity contribution in [2.75, 3.05) is 19.7 Å². The molecule has 2 aromatic rings. The second-order valence-electron chi connectivity index (χ2n) is 5.92. The molecular formula is C15H19ClN4O2. The summed E-state index contributed by atoms with van der Waals surface area (Å²) in [7, 11) is 0. The largest absolute Gasteiger partial charge is 0.366 e. The summed E-state index contributed by atoms with van der Waals surface area (Å²) in [4.78, 5) is 20.1. The topological polar surface area (TPSA) is 79.0 Å². The van der Waals surface area contributed by atoms with Crippen LogP contribution in [0.25, 0.3) is 11.0 Å². The van der Waals surface area contributed by atoms with E-state index in [1.807, 2.05) is 26.0 Å². The first kappa shape index (κ1) is 15.3. The Balaban J connectivity index is 1.79. The third kappa shape index (κ3) is 3.09. The number of nitrogens with zero attached hydrogens (tertiary/aromatic N) is 1. The van der Waals surface area contributed by atoms with Crippen LogP contribution in [-0.4, -0.2) is 41.7 Å². The third-order valence-electron chi connectivity index (χ3n) is 3.69. The van der Waals surface area contributed by atoms with Crippen LogP contribution in [0, 0.1) is 0 Å². The molecule has 0 bridgehead atoms. The number of fused-ring (bicyclic) bond motifs is 1. The van der Waals surface area contributed by atoms with E-state index in [-0.39, 0.29) is 5.91 Å². The summed E-state index contributed by atoms with van der Waals surface area (Å²) in [5, 5.41) is 6.78. The van der Waals surface area contributed by atoms with E-state index >= 15 is 0 Å². The number of hydrogen-bond donors (Lipinski definition) is 3. The highest BCUT2D eigenvalue weighted by Gasteiger charge is 2.31. The lowest BCUT2D eigenvalue weighted by Gasteiger charge is -2.29. The minimum atomic E-state index is -0.636. The van der Waals surface area contributed by atoms with Gasteiger partial charge in [0, 0.05) is 18.1 Å². The number of rotatable bonds is 3. The smallest absolute Gasteiger partial charge is 0.251 e. The van der Waals surface area contributed by atoms with Gasteiger partial charge in [-0.25, -0.2) is 4.98 Å². The standard InChI is InChI=1S/C15H19ClN4O2/c1-15(2,20-13(21)12-8-17-5-6-22-12)14-18-10-4-3-9(16)7-11(10)19-14/h3-4,7,12,17H,5-6,8H2,1-2H3,(H,18,19)(H,20,21). The fourth-order valence-corrected chi connectivity index (χ4v) is 2.63. The number of benzene rings is 1. The van der Waals surface area contributed by atoms with Gasteiger partial charge in [0.15, 0.2) is 0 Å². The molecule has 1 aliphatic heterocycles. The molecule has 1 aromatic carbocycles. The van der Waals surface area contributed by atoms with Crippen LogP contribution >= 0.6 is 11.6 Å². The maximum atomic E-state index is 12.3. The highest BCUT2D eigenvalue weighted by Crippen LogP contribution is 2.23. The fraction of sp³-hybridized carbons (Fsp3) is 0.467. The van der Waals surface area contributed by atoms with Crippen molar-refractivity contribution in [3.05, 3.63) is 29.0 Å². The Bertz CT molecular complexity index is 692. The first-order valence-corrected chi connectivity index (χ1v) is 7.63. The van der Waals surface area contributed by atoms with Crippen molar-refractivity contribution in [2.24, 2.45) is 0 Å². The van der Waals surface area contributed by atoms with Crippen molar-refractivity contribution < 1.29 is 9.53 Å². The van der Waals surface area contributed by atoms with Crippen molar-refractivity contribution in [3.63, 3.8) is 0 Å². The lowest BCUT2D eigenvalue weighted by Crippen LogP contribution is -2.52. The predicted octanol–water partition coefficient (Wildman–Crippen LogP) is 1.56. The number of morpholine rings is 1. The van der Waals surface area contributed by atoms with Gasteiger partial charge in [-0.3, -0.25) is 4.79 Å². The number of ether oxygens (including phenoxy) is 1. The number of carbonyl (C=O) groups is 1. The van der Waals surface area contributed by atoms with Crippen LogP contribution in [0.4, 0.5) is 0 Å². The van der Waals surface area contributed by atoms with Crippen LogP contribution < -0.4 is 10.6 Å². The maximum Gasteiger partial charge on any atom is 0.251 e. The first-order valence-electron chi connectivity index (χ1n) is 7.26. The van der Waals surface area contributed by atoms with Gasteiger partial charge in [-0.2, -0.15) is 0 Å². The molecule has 1 atom stereocenters. The quantitative estimate of drug-likeness (QED) is 0.801. The van der Waals surface area contributed by atoms with E-state index in [0.29, 0.717) is 24.0 Å². The van der Waals surface area contributed by atoms with Gasteiger partial charge in [0.1, 0.15) is 11.9 Å². The summed E-state index contributed by atoms with van der Waals surface area (Å²) < 4.78 is 5.47. The number of aromatic nitrogens is 2. The van der Waals surface area contributed by atoms with Gasteiger partial charge in [0.2, 0.25) is 0 Å². The molecule has 1 aromatic heterocycles. The van der Waals surface area contributed by atoms with Crippen LogP contribution in [0.2, 0.25) is 5.02 Å². The van der Waals surface area contributed by atoms with E-state index in [4.69, 9.17) is 16.3 Å². The maximum absolute atomic E-state index is 12.3. The number of nitrogens with one attached hydrogen (secondary N) is 3. The fourth-order valence-electron chi connectivity index (χ4n) is 2.46. The van der Waals surface area contributed by atoms with Gasteiger partial charge in [-0.15, -0.1) is 0 Å². The molecule has 2 heterocycles. The molecule has 1 amide bonds. The van der Waals surface area contributed by atoms with Crippen molar-refractivity contribution in [3.8, 4) is 0 Å². The van der Waals surface area contributed by atoms with Crippen LogP contribution in [0.1, 0.15) is 19.7 Å². The van der Waals surface area contributed by atoms with Gasteiger partial charge >= 0.3 is 0 Å². The summed E-state index contributed by atoms with van der Waals surface area (Å²) >= 11 is 5.99. The lowest BCUT2D eigenvalue weighted by molar-refractivity contribution is -0.136. The zero-order valence-electron chi connectivity index (χ0n) is 12.6. The number of hydrogen-bond acceptors (Lipinski definition) is 4. The molecule has 0 radical (unpaired) electrons. The summed E-state index contributed by atoms with van der Waals surface area (Å²) in [5.74, 6) is 0.539. The molecule has 1 saturated heterocycles. The molecular weight excluding hydrogens is 304 g/mol. The minimum Gasteiger partial charge on any atom is -0.366 e. The van der Waals surface area contributed by atoms with Crippen molar-refractivity contribution >= 4 is 28.5 Å². The zero-order chi connectivity index (χ0) is 15.7. The zero-order valence-corrected chi connectivity index (χ0v) is 13.3. The number of amides is 1. The van der Waals surface area contributed by atoms with Gasteiger partial charge in [0.25, 0.3) is 5.91 Å². The number of aromatic amines is 1. The van der Waals surface area contributed by atoms with E-state index in [1.54, 1.807) is 6.07 Å². The van der Waals surface area contributed by atoms with Gasteiger partial charge < -0.3 is 20.4 Å². The highest BCUT2D eigenvalue weighted by atomic mass is 35.5. The minimum absolute atomic E-state index is 0.143. The van der Waals surface area contributed by atoms with E-state index < -0.39 is 11.6 Å². The van der Waals surface area contributed by atoms with Crippen LogP contribution in [0.15, 0.2) is 18.2 Å². The second-order valence-corrected chi connectivity index (χ2v) is 6.36. The number of imidazole rings is 1. The Hall–Kier alpha value is -1.63. The van der Waals surface area contributed by atoms with E-state index in [0.717, 1.165) is 17.6 Å². The van der Waals surface area contributed by atoms with Gasteiger partial charge in [-0.1, -0.05) is 11.6 Å². The molecule has 0 aliphatic carbocycles.